The van der Waals surface area contributed by atoms with Gasteiger partial charge in [0.2, 0.25) is 5.12 Å². The Morgan fingerprint density at radius 1 is 1.14 bits per heavy atom. The summed E-state index contributed by atoms with van der Waals surface area (Å²) in [6.07, 6.45) is 3.18. The summed E-state index contributed by atoms with van der Waals surface area (Å²) in [5.74, 6) is 1.70. The second kappa shape index (κ2) is 9.65. The van der Waals surface area contributed by atoms with Crippen LogP contribution in [0.4, 0.5) is 4.79 Å². The molecule has 1 unspecified atom stereocenters. The van der Waals surface area contributed by atoms with Crippen molar-refractivity contribution in [2.24, 2.45) is 5.73 Å². The minimum Gasteiger partial charge on any atom is -0.489 e. The highest BCUT2D eigenvalue weighted by Gasteiger charge is 2.35. The van der Waals surface area contributed by atoms with E-state index >= 15 is 0 Å². The molecule has 3 N–H and O–H groups in total. The first-order chi connectivity index (χ1) is 16.6. The van der Waals surface area contributed by atoms with Crippen molar-refractivity contribution < 1.29 is 28.6 Å². The summed E-state index contributed by atoms with van der Waals surface area (Å²) in [6.45, 7) is 8.14. The molecule has 2 aromatic carbocycles. The van der Waals surface area contributed by atoms with Crippen molar-refractivity contribution in [2.45, 2.75) is 46.1 Å². The van der Waals surface area contributed by atoms with Gasteiger partial charge in [0, 0.05) is 17.3 Å². The number of amides is 2. The van der Waals surface area contributed by atoms with Crippen LogP contribution in [0.3, 0.4) is 0 Å². The predicted octanol–water partition coefficient (Wildman–Crippen LogP) is 3.96. The number of fused-ring (bicyclic) bond motifs is 1. The maximum Gasteiger partial charge on any atom is 0.291 e. The smallest absolute Gasteiger partial charge is 0.291 e. The van der Waals surface area contributed by atoms with Gasteiger partial charge in [0.05, 0.1) is 5.70 Å². The fourth-order valence-corrected chi connectivity index (χ4v) is 4.78. The van der Waals surface area contributed by atoms with Crippen molar-refractivity contribution in [3.05, 3.63) is 57.8 Å². The lowest BCUT2D eigenvalue weighted by molar-refractivity contribution is -0.120. The number of hydrogen-bond acceptors (Lipinski definition) is 7. The molecule has 0 saturated carbocycles. The molecule has 35 heavy (non-hydrogen) atoms. The molecule has 0 radical (unpaired) electrons. The molecule has 9 heteroatoms. The Balaban J connectivity index is 1.45. The number of nitrogens with two attached hydrogens (primary N) is 1. The molecule has 1 saturated heterocycles. The third-order valence-corrected chi connectivity index (χ3v) is 6.99. The van der Waals surface area contributed by atoms with E-state index in [4.69, 9.17) is 19.9 Å². The topological polar surface area (TPSA) is 117 Å². The molecule has 2 amide bonds. The summed E-state index contributed by atoms with van der Waals surface area (Å²) in [6, 6.07) is 7.30. The fraction of sp³-hybridized carbons (Fsp3) is 0.346. The van der Waals surface area contributed by atoms with Gasteiger partial charge in [-0.1, -0.05) is 12.1 Å². The van der Waals surface area contributed by atoms with Gasteiger partial charge >= 0.3 is 0 Å². The lowest BCUT2D eigenvalue weighted by Gasteiger charge is -2.38. The zero-order chi connectivity index (χ0) is 25.3. The maximum absolute atomic E-state index is 11.7. The van der Waals surface area contributed by atoms with Gasteiger partial charge in [-0.25, -0.2) is 0 Å². The first kappa shape index (κ1) is 24.7. The van der Waals surface area contributed by atoms with Crippen molar-refractivity contribution in [2.75, 3.05) is 13.2 Å². The molecule has 0 aliphatic carbocycles. The zero-order valence-electron chi connectivity index (χ0n) is 20.2. The number of rotatable bonds is 7. The van der Waals surface area contributed by atoms with Gasteiger partial charge in [0.15, 0.2) is 6.61 Å². The SMILES string of the molecule is Cc1c(C)c2c(c(C)c1OCC(N)=O)CCC(C)(COc1ccc(C=C3NC(=O)SC3=O)cc1)O2. The molecule has 8 nitrogen and oxygen atoms in total. The van der Waals surface area contributed by atoms with E-state index in [-0.39, 0.29) is 22.7 Å². The molecule has 2 heterocycles. The Kier molecular flexibility index (Phi) is 6.80. The molecule has 1 fully saturated rings. The number of carbonyl (C=O) groups is 3. The minimum atomic E-state index is -0.523. The summed E-state index contributed by atoms with van der Waals surface area (Å²) >= 11 is 0.655. The van der Waals surface area contributed by atoms with Crippen LogP contribution in [0.2, 0.25) is 0 Å². The van der Waals surface area contributed by atoms with Gasteiger partial charge in [-0.2, -0.15) is 0 Å². The van der Waals surface area contributed by atoms with E-state index in [0.29, 0.717) is 29.9 Å². The summed E-state index contributed by atoms with van der Waals surface area (Å²) < 4.78 is 18.2. The van der Waals surface area contributed by atoms with Crippen molar-refractivity contribution in [1.29, 1.82) is 0 Å². The molecule has 2 aliphatic heterocycles. The molecule has 0 aromatic heterocycles. The van der Waals surface area contributed by atoms with E-state index in [0.717, 1.165) is 46.4 Å². The fourth-order valence-electron chi connectivity index (χ4n) is 4.23. The quantitative estimate of drug-likeness (QED) is 0.557. The van der Waals surface area contributed by atoms with Crippen molar-refractivity contribution in [3.8, 4) is 17.2 Å². The van der Waals surface area contributed by atoms with Crippen LogP contribution in [0, 0.1) is 20.8 Å². The van der Waals surface area contributed by atoms with Crippen LogP contribution in [0.15, 0.2) is 30.0 Å². The average Bonchev–Trinajstić information content (AvgIpc) is 3.13. The number of benzene rings is 2. The van der Waals surface area contributed by atoms with E-state index in [1.54, 1.807) is 6.08 Å². The van der Waals surface area contributed by atoms with Gasteiger partial charge in [-0.3, -0.25) is 14.4 Å². The van der Waals surface area contributed by atoms with Gasteiger partial charge in [0.25, 0.3) is 11.1 Å². The minimum absolute atomic E-state index is 0.161. The normalized spacial score (nSPS) is 20.3. The van der Waals surface area contributed by atoms with Crippen molar-refractivity contribution >= 4 is 34.1 Å². The second-order valence-electron chi connectivity index (χ2n) is 9.04. The molecule has 184 valence electrons. The Morgan fingerprint density at radius 3 is 2.49 bits per heavy atom. The molecule has 0 spiro atoms. The highest BCUT2D eigenvalue weighted by Crippen LogP contribution is 2.44. The maximum atomic E-state index is 11.7. The summed E-state index contributed by atoms with van der Waals surface area (Å²) in [5.41, 5.74) is 9.73. The van der Waals surface area contributed by atoms with Crippen LogP contribution in [0.1, 0.15) is 41.2 Å². The van der Waals surface area contributed by atoms with Crippen LogP contribution in [-0.2, 0) is 16.0 Å². The van der Waals surface area contributed by atoms with E-state index < -0.39 is 11.5 Å². The average molecular weight is 497 g/mol. The Hall–Kier alpha value is -3.46. The van der Waals surface area contributed by atoms with Gasteiger partial charge < -0.3 is 25.3 Å². The van der Waals surface area contributed by atoms with Crippen LogP contribution >= 0.6 is 11.8 Å². The molecule has 4 rings (SSSR count). The van der Waals surface area contributed by atoms with Gasteiger partial charge in [-0.05, 0) is 81.0 Å². The highest BCUT2D eigenvalue weighted by atomic mass is 32.2. The van der Waals surface area contributed by atoms with Crippen LogP contribution in [0.5, 0.6) is 17.2 Å². The third kappa shape index (κ3) is 5.30. The van der Waals surface area contributed by atoms with E-state index in [1.807, 2.05) is 52.0 Å². The Bertz CT molecular complexity index is 1240. The summed E-state index contributed by atoms with van der Waals surface area (Å²) in [5, 5.41) is 1.89. The van der Waals surface area contributed by atoms with E-state index in [1.165, 1.54) is 0 Å². The molecular weight excluding hydrogens is 468 g/mol. The van der Waals surface area contributed by atoms with Gasteiger partial charge in [0.1, 0.15) is 29.5 Å². The number of ether oxygens (including phenoxy) is 3. The van der Waals surface area contributed by atoms with Crippen LogP contribution in [0.25, 0.3) is 6.08 Å². The number of thioether (sulfide) groups is 1. The number of carbonyl (C=O) groups excluding carboxylic acids is 3. The van der Waals surface area contributed by atoms with Gasteiger partial charge in [-0.15, -0.1) is 0 Å². The summed E-state index contributed by atoms with van der Waals surface area (Å²) in [4.78, 5) is 34.3. The highest BCUT2D eigenvalue weighted by molar-refractivity contribution is 8.27. The molecule has 0 bridgehead atoms. The molecule has 2 aromatic rings. The second-order valence-corrected chi connectivity index (χ2v) is 9.98. The first-order valence-corrected chi connectivity index (χ1v) is 12.1. The lowest BCUT2D eigenvalue weighted by Crippen LogP contribution is -2.42. The van der Waals surface area contributed by atoms with Crippen LogP contribution < -0.4 is 25.3 Å². The van der Waals surface area contributed by atoms with Crippen molar-refractivity contribution in [3.63, 3.8) is 0 Å². The Morgan fingerprint density at radius 2 is 1.86 bits per heavy atom. The Labute approximate surface area is 208 Å². The number of hydrogen-bond donors (Lipinski definition) is 2. The molecular formula is C26H28N2O6S. The predicted molar refractivity (Wildman–Crippen MR) is 134 cm³/mol. The first-order valence-electron chi connectivity index (χ1n) is 11.3. The van der Waals surface area contributed by atoms with Crippen molar-refractivity contribution in [1.82, 2.24) is 5.32 Å². The lowest BCUT2D eigenvalue weighted by atomic mass is 9.87. The van der Waals surface area contributed by atoms with E-state index in [2.05, 4.69) is 5.32 Å². The summed E-state index contributed by atoms with van der Waals surface area (Å²) in [7, 11) is 0. The van der Waals surface area contributed by atoms with Crippen LogP contribution in [-0.4, -0.2) is 35.1 Å². The number of primary amides is 1. The zero-order valence-corrected chi connectivity index (χ0v) is 21.0. The van der Waals surface area contributed by atoms with E-state index in [9.17, 15) is 14.4 Å². The number of nitrogens with one attached hydrogen (secondary N) is 1. The largest absolute Gasteiger partial charge is 0.489 e. The molecule has 2 aliphatic rings. The standard InChI is InChI=1S/C26H28N2O6S/c1-14-15(2)23-19(16(3)22(14)32-12-21(27)29)9-10-26(4,34-23)13-33-18-7-5-17(6-8-18)11-20-24(30)35-25(31)28-20/h5-8,11H,9-10,12-13H2,1-4H3,(H2,27,29)(H,28,31). The third-order valence-electron chi connectivity index (χ3n) is 6.30. The molecule has 1 atom stereocenters. The monoisotopic (exact) mass is 496 g/mol.